The number of ether oxygens (including phenoxy) is 1. The Morgan fingerprint density at radius 2 is 2.20 bits per heavy atom. The van der Waals surface area contributed by atoms with E-state index in [0.29, 0.717) is 0 Å². The van der Waals surface area contributed by atoms with Gasteiger partial charge in [0.1, 0.15) is 5.82 Å². The van der Waals surface area contributed by atoms with Crippen LogP contribution in [0.15, 0.2) is 12.4 Å². The lowest BCUT2D eigenvalue weighted by molar-refractivity contribution is 0.105. The SMILES string of the molecule is Cc1nccnc1NC1(C)CCOC1C. The van der Waals surface area contributed by atoms with Crippen LogP contribution in [0.3, 0.4) is 0 Å². The first-order chi connectivity index (χ1) is 7.12. The smallest absolute Gasteiger partial charge is 0.147 e. The fraction of sp³-hybridized carbons (Fsp3) is 0.636. The van der Waals surface area contributed by atoms with Crippen molar-refractivity contribution in [1.29, 1.82) is 0 Å². The maximum absolute atomic E-state index is 5.57. The van der Waals surface area contributed by atoms with Gasteiger partial charge in [-0.3, -0.25) is 4.98 Å². The second-order valence-corrected chi connectivity index (χ2v) is 4.30. The molecular formula is C11H17N3O. The summed E-state index contributed by atoms with van der Waals surface area (Å²) in [5, 5.41) is 3.44. The Hall–Kier alpha value is -1.16. The largest absolute Gasteiger partial charge is 0.376 e. The van der Waals surface area contributed by atoms with Gasteiger partial charge < -0.3 is 10.1 Å². The fourth-order valence-corrected chi connectivity index (χ4v) is 1.80. The number of anilines is 1. The maximum atomic E-state index is 5.57. The first-order valence-corrected chi connectivity index (χ1v) is 5.29. The molecule has 4 heteroatoms. The zero-order valence-corrected chi connectivity index (χ0v) is 9.45. The second kappa shape index (κ2) is 3.77. The molecule has 0 amide bonds. The number of rotatable bonds is 2. The molecule has 2 unspecified atom stereocenters. The molecule has 1 aromatic heterocycles. The van der Waals surface area contributed by atoms with E-state index >= 15 is 0 Å². The summed E-state index contributed by atoms with van der Waals surface area (Å²) in [5.74, 6) is 0.859. The van der Waals surface area contributed by atoms with E-state index in [4.69, 9.17) is 4.74 Å². The monoisotopic (exact) mass is 207 g/mol. The summed E-state index contributed by atoms with van der Waals surface area (Å²) in [5.41, 5.74) is 0.902. The molecule has 0 aromatic carbocycles. The number of hydrogen-bond acceptors (Lipinski definition) is 4. The first-order valence-electron chi connectivity index (χ1n) is 5.29. The van der Waals surface area contributed by atoms with Crippen LogP contribution in [0.25, 0.3) is 0 Å². The molecule has 4 nitrogen and oxygen atoms in total. The highest BCUT2D eigenvalue weighted by molar-refractivity contribution is 5.42. The average Bonchev–Trinajstić information content (AvgIpc) is 2.51. The van der Waals surface area contributed by atoms with Crippen LogP contribution in [0.2, 0.25) is 0 Å². The van der Waals surface area contributed by atoms with Gasteiger partial charge in [-0.25, -0.2) is 4.98 Å². The molecule has 1 aliphatic heterocycles. The summed E-state index contributed by atoms with van der Waals surface area (Å²) in [6.45, 7) is 7.02. The van der Waals surface area contributed by atoms with Crippen molar-refractivity contribution in [3.63, 3.8) is 0 Å². The van der Waals surface area contributed by atoms with Gasteiger partial charge >= 0.3 is 0 Å². The quantitative estimate of drug-likeness (QED) is 0.802. The van der Waals surface area contributed by atoms with E-state index < -0.39 is 0 Å². The first kappa shape index (κ1) is 10.4. The van der Waals surface area contributed by atoms with E-state index in [0.717, 1.165) is 24.5 Å². The van der Waals surface area contributed by atoms with Gasteiger partial charge in [0, 0.05) is 19.0 Å². The molecule has 0 spiro atoms. The summed E-state index contributed by atoms with van der Waals surface area (Å²) in [4.78, 5) is 8.50. The van der Waals surface area contributed by atoms with E-state index in [1.807, 2.05) is 6.92 Å². The normalized spacial score (nSPS) is 30.5. The maximum Gasteiger partial charge on any atom is 0.147 e. The van der Waals surface area contributed by atoms with Crippen molar-refractivity contribution >= 4 is 5.82 Å². The van der Waals surface area contributed by atoms with E-state index in [-0.39, 0.29) is 11.6 Å². The van der Waals surface area contributed by atoms with Gasteiger partial charge in [-0.05, 0) is 27.2 Å². The molecule has 0 radical (unpaired) electrons. The Labute approximate surface area is 90.1 Å². The molecule has 1 saturated heterocycles. The van der Waals surface area contributed by atoms with E-state index in [2.05, 4.69) is 29.1 Å². The number of nitrogens with zero attached hydrogens (tertiary/aromatic N) is 2. The molecule has 1 fully saturated rings. The lowest BCUT2D eigenvalue weighted by atomic mass is 9.94. The number of nitrogens with one attached hydrogen (secondary N) is 1. The summed E-state index contributed by atoms with van der Waals surface area (Å²) in [6.07, 6.45) is 4.62. The van der Waals surface area contributed by atoms with Gasteiger partial charge in [0.15, 0.2) is 0 Å². The van der Waals surface area contributed by atoms with E-state index in [9.17, 15) is 0 Å². The number of hydrogen-bond donors (Lipinski definition) is 1. The van der Waals surface area contributed by atoms with Crippen molar-refractivity contribution in [2.24, 2.45) is 0 Å². The predicted molar refractivity (Wildman–Crippen MR) is 58.8 cm³/mol. The van der Waals surface area contributed by atoms with Gasteiger partial charge in [-0.2, -0.15) is 0 Å². The molecule has 1 N–H and O–H groups in total. The van der Waals surface area contributed by atoms with Gasteiger partial charge in [-0.15, -0.1) is 0 Å². The summed E-state index contributed by atoms with van der Waals surface area (Å²) in [6, 6.07) is 0. The van der Waals surface area contributed by atoms with Crippen LogP contribution in [-0.4, -0.2) is 28.2 Å². The molecule has 15 heavy (non-hydrogen) atoms. The summed E-state index contributed by atoms with van der Waals surface area (Å²) in [7, 11) is 0. The Morgan fingerprint density at radius 3 is 2.80 bits per heavy atom. The molecule has 2 rings (SSSR count). The molecule has 2 atom stereocenters. The van der Waals surface area contributed by atoms with Crippen molar-refractivity contribution < 1.29 is 4.74 Å². The second-order valence-electron chi connectivity index (χ2n) is 4.30. The van der Waals surface area contributed by atoms with E-state index in [1.165, 1.54) is 0 Å². The Kier molecular flexibility index (Phi) is 2.61. The highest BCUT2D eigenvalue weighted by Crippen LogP contribution is 2.29. The third kappa shape index (κ3) is 1.95. The molecule has 1 aliphatic rings. The Bertz CT molecular complexity index is 355. The molecule has 0 bridgehead atoms. The van der Waals surface area contributed by atoms with Gasteiger partial charge in [0.25, 0.3) is 0 Å². The lowest BCUT2D eigenvalue weighted by Gasteiger charge is -2.29. The molecule has 82 valence electrons. The topological polar surface area (TPSA) is 47.0 Å². The van der Waals surface area contributed by atoms with E-state index in [1.54, 1.807) is 12.4 Å². The van der Waals surface area contributed by atoms with Crippen molar-refractivity contribution in [3.8, 4) is 0 Å². The highest BCUT2D eigenvalue weighted by atomic mass is 16.5. The predicted octanol–water partition coefficient (Wildman–Crippen LogP) is 1.76. The van der Waals surface area contributed by atoms with Crippen LogP contribution in [0.4, 0.5) is 5.82 Å². The van der Waals surface area contributed by atoms with Crippen LogP contribution in [0.1, 0.15) is 26.0 Å². The van der Waals surface area contributed by atoms with Crippen LogP contribution < -0.4 is 5.32 Å². The minimum atomic E-state index is -0.0270. The number of aromatic nitrogens is 2. The van der Waals surface area contributed by atoms with Crippen molar-refractivity contribution in [3.05, 3.63) is 18.1 Å². The Balaban J connectivity index is 2.18. The molecule has 1 aromatic rings. The highest BCUT2D eigenvalue weighted by Gasteiger charge is 2.37. The molecule has 0 aliphatic carbocycles. The molecule has 2 heterocycles. The molecular weight excluding hydrogens is 190 g/mol. The average molecular weight is 207 g/mol. The standard InChI is InChI=1S/C11H17N3O/c1-8-10(13-6-5-12-8)14-11(3)4-7-15-9(11)2/h5-6,9H,4,7H2,1-3H3,(H,13,14). The Morgan fingerprint density at radius 1 is 1.47 bits per heavy atom. The zero-order chi connectivity index (χ0) is 10.9. The summed E-state index contributed by atoms with van der Waals surface area (Å²) < 4.78 is 5.57. The fourth-order valence-electron chi connectivity index (χ4n) is 1.80. The van der Waals surface area contributed by atoms with Gasteiger partial charge in [0.05, 0.1) is 17.3 Å². The van der Waals surface area contributed by atoms with Crippen molar-refractivity contribution in [2.45, 2.75) is 38.8 Å². The molecule has 0 saturated carbocycles. The minimum Gasteiger partial charge on any atom is -0.376 e. The van der Waals surface area contributed by atoms with Crippen molar-refractivity contribution in [2.75, 3.05) is 11.9 Å². The van der Waals surface area contributed by atoms with Crippen LogP contribution >= 0.6 is 0 Å². The van der Waals surface area contributed by atoms with Gasteiger partial charge in [0.2, 0.25) is 0 Å². The zero-order valence-electron chi connectivity index (χ0n) is 9.45. The lowest BCUT2D eigenvalue weighted by Crippen LogP contribution is -2.41. The minimum absolute atomic E-state index is 0.0270. The third-order valence-electron chi connectivity index (χ3n) is 3.17. The van der Waals surface area contributed by atoms with Crippen LogP contribution in [0.5, 0.6) is 0 Å². The number of aryl methyl sites for hydroxylation is 1. The third-order valence-corrected chi connectivity index (χ3v) is 3.17. The van der Waals surface area contributed by atoms with Gasteiger partial charge in [-0.1, -0.05) is 0 Å². The summed E-state index contributed by atoms with van der Waals surface area (Å²) >= 11 is 0. The van der Waals surface area contributed by atoms with Crippen LogP contribution in [0, 0.1) is 6.92 Å². The van der Waals surface area contributed by atoms with Crippen LogP contribution in [-0.2, 0) is 4.74 Å². The van der Waals surface area contributed by atoms with Crippen molar-refractivity contribution in [1.82, 2.24) is 9.97 Å².